The maximum Gasteiger partial charge on any atom is 0.407 e. The van der Waals surface area contributed by atoms with Crippen LogP contribution in [0.25, 0.3) is 0 Å². The third-order valence-corrected chi connectivity index (χ3v) is 2.96. The van der Waals surface area contributed by atoms with Gasteiger partial charge in [-0.1, -0.05) is 30.3 Å². The Hall–Kier alpha value is -2.08. The summed E-state index contributed by atoms with van der Waals surface area (Å²) in [6.07, 6.45) is -0.0754. The van der Waals surface area contributed by atoms with Gasteiger partial charge in [-0.2, -0.15) is 0 Å². The highest BCUT2D eigenvalue weighted by Crippen LogP contribution is 2.07. The summed E-state index contributed by atoms with van der Waals surface area (Å²) in [6.45, 7) is 5.94. The van der Waals surface area contributed by atoms with Gasteiger partial charge in [0.1, 0.15) is 18.2 Å². The van der Waals surface area contributed by atoms with Gasteiger partial charge in [0, 0.05) is 6.54 Å². The molecule has 1 unspecified atom stereocenters. The highest BCUT2D eigenvalue weighted by Gasteiger charge is 2.19. The summed E-state index contributed by atoms with van der Waals surface area (Å²) in [6, 6.07) is 9.00. The Bertz CT molecular complexity index is 497. The van der Waals surface area contributed by atoms with Crippen LogP contribution >= 0.6 is 0 Å². The van der Waals surface area contributed by atoms with Gasteiger partial charge in [-0.15, -0.1) is 0 Å². The molecular weight excluding hydrogens is 296 g/mol. The van der Waals surface area contributed by atoms with Crippen LogP contribution in [0.2, 0.25) is 0 Å². The van der Waals surface area contributed by atoms with E-state index >= 15 is 0 Å². The number of rotatable bonds is 7. The molecule has 0 radical (unpaired) electrons. The fraction of sp³-hybridized carbons (Fsp3) is 0.529. The molecule has 0 spiro atoms. The van der Waals surface area contributed by atoms with Crippen molar-refractivity contribution in [3.63, 3.8) is 0 Å². The second-order valence-electron chi connectivity index (χ2n) is 6.15. The summed E-state index contributed by atoms with van der Waals surface area (Å²) >= 11 is 0. The Morgan fingerprint density at radius 2 is 1.83 bits per heavy atom. The van der Waals surface area contributed by atoms with Crippen molar-refractivity contribution in [2.75, 3.05) is 13.6 Å². The van der Waals surface area contributed by atoms with E-state index in [9.17, 15) is 9.59 Å². The molecule has 1 rings (SSSR count). The SMILES string of the molecule is CNC(CCNC(=O)OC(C)(C)C)C(=O)OCc1ccccc1. The number of hydrogen-bond acceptors (Lipinski definition) is 5. The van der Waals surface area contributed by atoms with Crippen molar-refractivity contribution < 1.29 is 19.1 Å². The number of benzene rings is 1. The average Bonchev–Trinajstić information content (AvgIpc) is 2.48. The van der Waals surface area contributed by atoms with E-state index in [1.807, 2.05) is 30.3 Å². The van der Waals surface area contributed by atoms with Gasteiger partial charge in [-0.25, -0.2) is 4.79 Å². The summed E-state index contributed by atoms with van der Waals surface area (Å²) in [5.74, 6) is -0.345. The van der Waals surface area contributed by atoms with E-state index in [1.54, 1.807) is 27.8 Å². The first-order valence-corrected chi connectivity index (χ1v) is 7.66. The molecule has 2 N–H and O–H groups in total. The molecule has 0 aromatic heterocycles. The normalized spacial score (nSPS) is 12.3. The molecule has 1 atom stereocenters. The largest absolute Gasteiger partial charge is 0.460 e. The van der Waals surface area contributed by atoms with Crippen molar-refractivity contribution in [1.82, 2.24) is 10.6 Å². The lowest BCUT2D eigenvalue weighted by Gasteiger charge is -2.20. The summed E-state index contributed by atoms with van der Waals surface area (Å²) in [5, 5.41) is 5.52. The van der Waals surface area contributed by atoms with E-state index in [4.69, 9.17) is 9.47 Å². The molecular formula is C17H26N2O4. The molecule has 0 bridgehead atoms. The van der Waals surface area contributed by atoms with Gasteiger partial charge in [0.15, 0.2) is 0 Å². The van der Waals surface area contributed by atoms with Crippen LogP contribution in [0.4, 0.5) is 4.79 Å². The summed E-state index contributed by atoms with van der Waals surface area (Å²) in [7, 11) is 1.68. The number of nitrogens with one attached hydrogen (secondary N) is 2. The molecule has 0 saturated heterocycles. The lowest BCUT2D eigenvalue weighted by molar-refractivity contribution is -0.147. The Kier molecular flexibility index (Phi) is 7.54. The number of likely N-dealkylation sites (N-methyl/N-ethyl adjacent to an activating group) is 1. The predicted octanol–water partition coefficient (Wildman–Crippen LogP) is 2.23. The first-order chi connectivity index (χ1) is 10.8. The number of ether oxygens (including phenoxy) is 2. The van der Waals surface area contributed by atoms with E-state index in [1.165, 1.54) is 0 Å². The molecule has 0 heterocycles. The maximum atomic E-state index is 12.0. The minimum atomic E-state index is -0.541. The number of amides is 1. The van der Waals surface area contributed by atoms with E-state index in [-0.39, 0.29) is 12.6 Å². The van der Waals surface area contributed by atoms with Gasteiger partial charge in [-0.3, -0.25) is 4.79 Å². The highest BCUT2D eigenvalue weighted by molar-refractivity contribution is 5.76. The van der Waals surface area contributed by atoms with Crippen molar-refractivity contribution in [3.8, 4) is 0 Å². The van der Waals surface area contributed by atoms with Crippen LogP contribution in [0.5, 0.6) is 0 Å². The number of carbonyl (C=O) groups excluding carboxylic acids is 2. The second-order valence-corrected chi connectivity index (χ2v) is 6.15. The van der Waals surface area contributed by atoms with Crippen LogP contribution in [-0.4, -0.2) is 37.3 Å². The molecule has 6 nitrogen and oxygen atoms in total. The van der Waals surface area contributed by atoms with Crippen molar-refractivity contribution >= 4 is 12.1 Å². The van der Waals surface area contributed by atoms with Crippen molar-refractivity contribution in [2.24, 2.45) is 0 Å². The molecule has 0 aliphatic carbocycles. The summed E-state index contributed by atoms with van der Waals surface area (Å²) in [5.41, 5.74) is 0.392. The van der Waals surface area contributed by atoms with Crippen molar-refractivity contribution in [2.45, 2.75) is 45.4 Å². The minimum absolute atomic E-state index is 0.233. The molecule has 128 valence electrons. The summed E-state index contributed by atoms with van der Waals surface area (Å²) in [4.78, 5) is 23.6. The van der Waals surface area contributed by atoms with Crippen LogP contribution in [0.15, 0.2) is 30.3 Å². The molecule has 6 heteroatoms. The maximum absolute atomic E-state index is 12.0. The molecule has 1 aromatic carbocycles. The van der Waals surface area contributed by atoms with Crippen molar-refractivity contribution in [1.29, 1.82) is 0 Å². The molecule has 0 fully saturated rings. The number of alkyl carbamates (subject to hydrolysis) is 1. The van der Waals surface area contributed by atoms with Crippen LogP contribution in [0.3, 0.4) is 0 Å². The van der Waals surface area contributed by atoms with Crippen LogP contribution in [0.1, 0.15) is 32.8 Å². The van der Waals surface area contributed by atoms with Crippen LogP contribution in [-0.2, 0) is 20.9 Å². The molecule has 1 aromatic rings. The smallest absolute Gasteiger partial charge is 0.407 e. The number of carbonyl (C=O) groups is 2. The van der Waals surface area contributed by atoms with Crippen molar-refractivity contribution in [3.05, 3.63) is 35.9 Å². The van der Waals surface area contributed by atoms with Gasteiger partial charge in [0.2, 0.25) is 0 Å². The molecule has 23 heavy (non-hydrogen) atoms. The molecule has 1 amide bonds. The van der Waals surface area contributed by atoms with E-state index in [0.717, 1.165) is 5.56 Å². The fourth-order valence-electron chi connectivity index (χ4n) is 1.84. The van der Waals surface area contributed by atoms with E-state index in [0.29, 0.717) is 13.0 Å². The third-order valence-electron chi connectivity index (χ3n) is 2.96. The molecule has 0 aliphatic rings. The van der Waals surface area contributed by atoms with Gasteiger partial charge >= 0.3 is 12.1 Å². The lowest BCUT2D eigenvalue weighted by Crippen LogP contribution is -2.40. The molecule has 0 aliphatic heterocycles. The quantitative estimate of drug-likeness (QED) is 0.753. The zero-order valence-corrected chi connectivity index (χ0v) is 14.2. The van der Waals surface area contributed by atoms with Gasteiger partial charge < -0.3 is 20.1 Å². The average molecular weight is 322 g/mol. The fourth-order valence-corrected chi connectivity index (χ4v) is 1.84. The Morgan fingerprint density at radius 1 is 1.17 bits per heavy atom. The standard InChI is InChI=1S/C17H26N2O4/c1-17(2,3)23-16(21)19-11-10-14(18-4)15(20)22-12-13-8-6-5-7-9-13/h5-9,14,18H,10-12H2,1-4H3,(H,19,21). The minimum Gasteiger partial charge on any atom is -0.460 e. The topological polar surface area (TPSA) is 76.7 Å². The summed E-state index contributed by atoms with van der Waals surface area (Å²) < 4.78 is 10.4. The molecule has 0 saturated carbocycles. The van der Waals surface area contributed by atoms with Gasteiger partial charge in [-0.05, 0) is 39.8 Å². The zero-order chi connectivity index (χ0) is 17.3. The predicted molar refractivity (Wildman–Crippen MR) is 87.9 cm³/mol. The third kappa shape index (κ3) is 8.21. The van der Waals surface area contributed by atoms with Gasteiger partial charge in [0.25, 0.3) is 0 Å². The Balaban J connectivity index is 2.32. The van der Waals surface area contributed by atoms with E-state index < -0.39 is 17.7 Å². The number of esters is 1. The van der Waals surface area contributed by atoms with Gasteiger partial charge in [0.05, 0.1) is 0 Å². The zero-order valence-electron chi connectivity index (χ0n) is 14.2. The van der Waals surface area contributed by atoms with Crippen LogP contribution < -0.4 is 10.6 Å². The first kappa shape index (κ1) is 19.0. The lowest BCUT2D eigenvalue weighted by atomic mass is 10.2. The highest BCUT2D eigenvalue weighted by atomic mass is 16.6. The Labute approximate surface area is 137 Å². The second kappa shape index (κ2) is 9.15. The van der Waals surface area contributed by atoms with Crippen LogP contribution in [0, 0.1) is 0 Å². The number of hydrogen-bond donors (Lipinski definition) is 2. The first-order valence-electron chi connectivity index (χ1n) is 7.66. The van der Waals surface area contributed by atoms with E-state index in [2.05, 4.69) is 10.6 Å². The Morgan fingerprint density at radius 3 is 2.39 bits per heavy atom. The monoisotopic (exact) mass is 322 g/mol.